The van der Waals surface area contributed by atoms with Gasteiger partial charge in [-0.05, 0) is 18.2 Å². The van der Waals surface area contributed by atoms with Gasteiger partial charge in [0.25, 0.3) is 0 Å². The average molecular weight is 256 g/mol. The topological polar surface area (TPSA) is 68.0 Å². The highest BCUT2D eigenvalue weighted by atomic mass is 35.5. The van der Waals surface area contributed by atoms with Gasteiger partial charge >= 0.3 is 5.97 Å². The van der Waals surface area contributed by atoms with Crippen LogP contribution in [0, 0.1) is 5.82 Å². The van der Waals surface area contributed by atoms with E-state index >= 15 is 0 Å². The molecule has 0 aliphatic heterocycles. The minimum atomic E-state index is -1.06. The highest BCUT2D eigenvalue weighted by Crippen LogP contribution is 2.18. The molecule has 0 saturated heterocycles. The molecule has 1 N–H and O–H groups in total. The Bertz CT molecular complexity index is 570. The van der Waals surface area contributed by atoms with Gasteiger partial charge < -0.3 is 5.11 Å². The van der Waals surface area contributed by atoms with E-state index in [1.807, 2.05) is 0 Å². The van der Waals surface area contributed by atoms with Crippen molar-refractivity contribution in [1.29, 1.82) is 0 Å². The molecule has 2 rings (SSSR count). The molecule has 1 aromatic carbocycles. The van der Waals surface area contributed by atoms with E-state index in [0.717, 1.165) is 0 Å². The minimum Gasteiger partial charge on any atom is -0.481 e. The van der Waals surface area contributed by atoms with Gasteiger partial charge in [0, 0.05) is 0 Å². The van der Waals surface area contributed by atoms with Crippen LogP contribution in [0.2, 0.25) is 5.15 Å². The summed E-state index contributed by atoms with van der Waals surface area (Å²) in [7, 11) is 0. The van der Waals surface area contributed by atoms with Gasteiger partial charge in [0.2, 0.25) is 0 Å². The van der Waals surface area contributed by atoms with E-state index in [1.165, 1.54) is 22.9 Å². The molecule has 0 atom stereocenters. The molecule has 0 spiro atoms. The maximum atomic E-state index is 13.0. The van der Waals surface area contributed by atoms with Crippen LogP contribution in [0.15, 0.2) is 24.3 Å². The lowest BCUT2D eigenvalue weighted by Gasteiger charge is -2.04. The first kappa shape index (κ1) is 11.5. The van der Waals surface area contributed by atoms with Gasteiger partial charge in [-0.15, -0.1) is 5.10 Å². The third-order valence-electron chi connectivity index (χ3n) is 2.09. The van der Waals surface area contributed by atoms with Gasteiger partial charge in [-0.25, -0.2) is 9.07 Å². The third kappa shape index (κ3) is 2.42. The van der Waals surface area contributed by atoms with Crippen LogP contribution in [0.25, 0.3) is 5.69 Å². The number of hydrogen-bond acceptors (Lipinski definition) is 3. The Kier molecular flexibility index (Phi) is 3.06. The van der Waals surface area contributed by atoms with Crippen LogP contribution in [-0.2, 0) is 11.2 Å². The van der Waals surface area contributed by atoms with E-state index in [4.69, 9.17) is 16.7 Å². The number of rotatable bonds is 3. The monoisotopic (exact) mass is 255 g/mol. The van der Waals surface area contributed by atoms with Crippen molar-refractivity contribution in [2.45, 2.75) is 6.42 Å². The van der Waals surface area contributed by atoms with Crippen molar-refractivity contribution in [3.8, 4) is 5.69 Å². The second-order valence-corrected chi connectivity index (χ2v) is 3.65. The standard InChI is InChI=1S/C10H7ClFN3O2/c11-10-8(5-9(16)17)15(14-13-10)7-3-1-2-6(12)4-7/h1-4H,5H2,(H,16,17). The summed E-state index contributed by atoms with van der Waals surface area (Å²) >= 11 is 5.73. The zero-order valence-corrected chi connectivity index (χ0v) is 9.23. The molecule has 1 heterocycles. The van der Waals surface area contributed by atoms with Crippen LogP contribution >= 0.6 is 11.6 Å². The molecule has 0 unspecified atom stereocenters. The zero-order chi connectivity index (χ0) is 12.4. The van der Waals surface area contributed by atoms with Gasteiger partial charge in [-0.3, -0.25) is 4.79 Å². The molecule has 0 aliphatic rings. The molecular formula is C10H7ClFN3O2. The third-order valence-corrected chi connectivity index (χ3v) is 2.38. The van der Waals surface area contributed by atoms with Crippen LogP contribution in [0.3, 0.4) is 0 Å². The van der Waals surface area contributed by atoms with Gasteiger partial charge in [0.1, 0.15) is 5.82 Å². The highest BCUT2D eigenvalue weighted by Gasteiger charge is 2.15. The number of carboxylic acid groups (broad SMARTS) is 1. The first-order valence-corrected chi connectivity index (χ1v) is 5.03. The van der Waals surface area contributed by atoms with E-state index in [-0.39, 0.29) is 17.3 Å². The molecule has 0 saturated carbocycles. The molecule has 0 bridgehead atoms. The molecule has 0 aliphatic carbocycles. The largest absolute Gasteiger partial charge is 0.481 e. The average Bonchev–Trinajstić information content (AvgIpc) is 2.60. The maximum absolute atomic E-state index is 13.0. The highest BCUT2D eigenvalue weighted by molar-refractivity contribution is 6.30. The van der Waals surface area contributed by atoms with E-state index in [2.05, 4.69) is 10.3 Å². The number of carbonyl (C=O) groups is 1. The molecule has 17 heavy (non-hydrogen) atoms. The van der Waals surface area contributed by atoms with Crippen molar-refractivity contribution in [2.75, 3.05) is 0 Å². The Morgan fingerprint density at radius 3 is 2.94 bits per heavy atom. The molecular weight excluding hydrogens is 249 g/mol. The van der Waals surface area contributed by atoms with Crippen LogP contribution in [0.1, 0.15) is 5.69 Å². The zero-order valence-electron chi connectivity index (χ0n) is 8.47. The molecule has 88 valence electrons. The Balaban J connectivity index is 2.48. The number of carboxylic acids is 1. The molecule has 0 amide bonds. The molecule has 7 heteroatoms. The summed E-state index contributed by atoms with van der Waals surface area (Å²) in [5, 5.41) is 16.0. The van der Waals surface area contributed by atoms with E-state index in [9.17, 15) is 9.18 Å². The number of hydrogen-bond donors (Lipinski definition) is 1. The smallest absolute Gasteiger partial charge is 0.309 e. The van der Waals surface area contributed by atoms with E-state index in [1.54, 1.807) is 6.07 Å². The number of aromatic nitrogens is 3. The summed E-state index contributed by atoms with van der Waals surface area (Å²) in [6.07, 6.45) is -0.331. The van der Waals surface area contributed by atoms with Crippen LogP contribution in [0.5, 0.6) is 0 Å². The number of aliphatic carboxylic acids is 1. The lowest BCUT2D eigenvalue weighted by Crippen LogP contribution is -2.08. The fourth-order valence-corrected chi connectivity index (χ4v) is 1.57. The second-order valence-electron chi connectivity index (χ2n) is 3.29. The first-order valence-electron chi connectivity index (χ1n) is 4.65. The molecule has 0 radical (unpaired) electrons. The molecule has 2 aromatic rings. The summed E-state index contributed by atoms with van der Waals surface area (Å²) in [5.41, 5.74) is 0.588. The van der Waals surface area contributed by atoms with Gasteiger partial charge in [-0.1, -0.05) is 22.9 Å². The predicted octanol–water partition coefficient (Wildman–Crippen LogP) is 1.69. The first-order chi connectivity index (χ1) is 8.08. The summed E-state index contributed by atoms with van der Waals surface area (Å²) < 4.78 is 14.3. The number of nitrogens with zero attached hydrogens (tertiary/aromatic N) is 3. The van der Waals surface area contributed by atoms with Gasteiger partial charge in [0.05, 0.1) is 17.8 Å². The van der Waals surface area contributed by atoms with E-state index < -0.39 is 11.8 Å². The van der Waals surface area contributed by atoms with Crippen molar-refractivity contribution < 1.29 is 14.3 Å². The van der Waals surface area contributed by atoms with Crippen molar-refractivity contribution in [3.63, 3.8) is 0 Å². The predicted molar refractivity (Wildman–Crippen MR) is 57.7 cm³/mol. The number of benzene rings is 1. The Hall–Kier alpha value is -1.95. The summed E-state index contributed by atoms with van der Waals surface area (Å²) in [4.78, 5) is 10.7. The Morgan fingerprint density at radius 2 is 2.29 bits per heavy atom. The lowest BCUT2D eigenvalue weighted by atomic mass is 10.3. The number of halogens is 2. The van der Waals surface area contributed by atoms with Gasteiger partial charge in [0.15, 0.2) is 5.15 Å². The van der Waals surface area contributed by atoms with Crippen molar-refractivity contribution in [2.24, 2.45) is 0 Å². The fraction of sp³-hybridized carbons (Fsp3) is 0.100. The normalized spacial score (nSPS) is 10.5. The maximum Gasteiger partial charge on any atom is 0.309 e. The quantitative estimate of drug-likeness (QED) is 0.906. The summed E-state index contributed by atoms with van der Waals surface area (Å²) in [6.45, 7) is 0. The molecule has 5 nitrogen and oxygen atoms in total. The Morgan fingerprint density at radius 1 is 1.53 bits per heavy atom. The summed E-state index contributed by atoms with van der Waals surface area (Å²) in [5.74, 6) is -1.51. The van der Waals surface area contributed by atoms with Crippen LogP contribution < -0.4 is 0 Å². The SMILES string of the molecule is O=C(O)Cc1c(Cl)nnn1-c1cccc(F)c1. The van der Waals surface area contributed by atoms with Crippen molar-refractivity contribution >= 4 is 17.6 Å². The molecule has 1 aromatic heterocycles. The van der Waals surface area contributed by atoms with Crippen molar-refractivity contribution in [1.82, 2.24) is 15.0 Å². The van der Waals surface area contributed by atoms with Crippen LogP contribution in [-0.4, -0.2) is 26.1 Å². The Labute approximate surface area is 100 Å². The minimum absolute atomic E-state index is 0.00309. The van der Waals surface area contributed by atoms with Crippen molar-refractivity contribution in [3.05, 3.63) is 40.9 Å². The fourth-order valence-electron chi connectivity index (χ4n) is 1.39. The second kappa shape index (κ2) is 4.50. The molecule has 0 fully saturated rings. The summed E-state index contributed by atoms with van der Waals surface area (Å²) in [6, 6.07) is 5.57. The van der Waals surface area contributed by atoms with E-state index in [0.29, 0.717) is 5.69 Å². The van der Waals surface area contributed by atoms with Crippen LogP contribution in [0.4, 0.5) is 4.39 Å². The lowest BCUT2D eigenvalue weighted by molar-refractivity contribution is -0.136. The van der Waals surface area contributed by atoms with Gasteiger partial charge in [-0.2, -0.15) is 0 Å².